The van der Waals surface area contributed by atoms with Crippen molar-refractivity contribution in [2.24, 2.45) is 0 Å². The number of nitrogens with one attached hydrogen (secondary N) is 1. The van der Waals surface area contributed by atoms with Crippen LogP contribution in [0.25, 0.3) is 0 Å². The molecule has 122 valence electrons. The number of carbonyl (C=O) groups excluding carboxylic acids is 1. The summed E-state index contributed by atoms with van der Waals surface area (Å²) in [6.45, 7) is -0.574. The molecular weight excluding hydrogens is 409 g/mol. The Bertz CT molecular complexity index is 527. The van der Waals surface area contributed by atoms with E-state index in [2.05, 4.69) is 5.48 Å². The van der Waals surface area contributed by atoms with E-state index in [-0.39, 0.29) is 0 Å². The normalized spacial score (nSPS) is 31.8. The van der Waals surface area contributed by atoms with Crippen molar-refractivity contribution in [2.75, 3.05) is 6.61 Å². The lowest BCUT2D eigenvalue weighted by Gasteiger charge is -2.39. The Morgan fingerprint density at radius 1 is 1.23 bits per heavy atom. The molecule has 0 aromatic heterocycles. The molecule has 5 atom stereocenters. The van der Waals surface area contributed by atoms with E-state index >= 15 is 0 Å². The Labute approximate surface area is 139 Å². The third kappa shape index (κ3) is 3.74. The molecule has 5 N–H and O–H groups in total. The van der Waals surface area contributed by atoms with E-state index in [0.29, 0.717) is 9.13 Å². The van der Waals surface area contributed by atoms with Gasteiger partial charge < -0.3 is 25.2 Å². The highest BCUT2D eigenvalue weighted by molar-refractivity contribution is 14.1. The van der Waals surface area contributed by atoms with Crippen LogP contribution in [0.5, 0.6) is 0 Å². The minimum Gasteiger partial charge on any atom is -0.394 e. The quantitative estimate of drug-likeness (QED) is 0.301. The molecule has 1 aliphatic rings. The summed E-state index contributed by atoms with van der Waals surface area (Å²) in [4.78, 5) is 16.9. The minimum atomic E-state index is -1.58. The van der Waals surface area contributed by atoms with Crippen LogP contribution >= 0.6 is 22.6 Å². The van der Waals surface area contributed by atoms with Crippen LogP contribution in [0.2, 0.25) is 0 Å². The molecule has 1 fully saturated rings. The molecule has 0 saturated carbocycles. The number of aliphatic hydroxyl groups is 4. The molecular formula is C13H16INO7. The van der Waals surface area contributed by atoms with Crippen LogP contribution in [-0.4, -0.2) is 63.6 Å². The SMILES string of the molecule is O=C(NOC1O[C@H](CO)[C@@H](O)[C@H](O)[C@H]1O)c1ccccc1I. The first-order valence-electron chi connectivity index (χ1n) is 6.46. The van der Waals surface area contributed by atoms with Gasteiger partial charge in [0.25, 0.3) is 5.91 Å². The van der Waals surface area contributed by atoms with Gasteiger partial charge in [0.15, 0.2) is 0 Å². The van der Waals surface area contributed by atoms with E-state index in [0.717, 1.165) is 0 Å². The Balaban J connectivity index is 1.98. The van der Waals surface area contributed by atoms with Gasteiger partial charge in [0.05, 0.1) is 12.2 Å². The minimum absolute atomic E-state index is 0.368. The number of amides is 1. The zero-order valence-electron chi connectivity index (χ0n) is 11.3. The first-order chi connectivity index (χ1) is 10.5. The smallest absolute Gasteiger partial charge is 0.276 e. The lowest BCUT2D eigenvalue weighted by molar-refractivity contribution is -0.311. The van der Waals surface area contributed by atoms with Gasteiger partial charge in [-0.2, -0.15) is 0 Å². The summed E-state index contributed by atoms with van der Waals surface area (Å²) in [5, 5.41) is 38.1. The van der Waals surface area contributed by atoms with Crippen LogP contribution in [0.4, 0.5) is 0 Å². The van der Waals surface area contributed by atoms with Gasteiger partial charge in [-0.3, -0.25) is 4.79 Å². The summed E-state index contributed by atoms with van der Waals surface area (Å²) in [6, 6.07) is 6.79. The highest BCUT2D eigenvalue weighted by atomic mass is 127. The van der Waals surface area contributed by atoms with Gasteiger partial charge in [-0.15, -0.1) is 0 Å². The number of rotatable bonds is 4. The van der Waals surface area contributed by atoms with E-state index in [1.807, 2.05) is 22.6 Å². The highest BCUT2D eigenvalue weighted by Gasteiger charge is 2.44. The molecule has 1 unspecified atom stereocenters. The second kappa shape index (κ2) is 7.64. The molecule has 1 saturated heterocycles. The molecule has 22 heavy (non-hydrogen) atoms. The molecule has 1 aromatic carbocycles. The molecule has 9 heteroatoms. The van der Waals surface area contributed by atoms with Gasteiger partial charge in [0.1, 0.15) is 24.4 Å². The zero-order valence-corrected chi connectivity index (χ0v) is 13.5. The number of hydroxylamine groups is 1. The standard InChI is InChI=1S/C13H16INO7/c14-7-4-2-1-3-6(7)12(20)15-22-13-11(19)10(18)9(17)8(5-16)21-13/h1-4,8-11,13,16-19H,5H2,(H,15,20)/t8-,9-,10+,11-,13?/m1/s1. The summed E-state index contributed by atoms with van der Waals surface area (Å²) < 4.78 is 5.80. The van der Waals surface area contributed by atoms with Crippen molar-refractivity contribution in [2.45, 2.75) is 30.7 Å². The largest absolute Gasteiger partial charge is 0.394 e. The van der Waals surface area contributed by atoms with E-state index in [9.17, 15) is 20.1 Å². The number of aliphatic hydroxyl groups excluding tert-OH is 4. The fraction of sp³-hybridized carbons (Fsp3) is 0.462. The Hall–Kier alpha value is -0.820. The van der Waals surface area contributed by atoms with E-state index < -0.39 is 43.2 Å². The van der Waals surface area contributed by atoms with E-state index in [4.69, 9.17) is 14.7 Å². The average Bonchev–Trinajstić information content (AvgIpc) is 2.52. The van der Waals surface area contributed by atoms with Crippen molar-refractivity contribution in [3.8, 4) is 0 Å². The average molecular weight is 425 g/mol. The van der Waals surface area contributed by atoms with Gasteiger partial charge in [0, 0.05) is 3.57 Å². The number of halogens is 1. The third-order valence-corrected chi connectivity index (χ3v) is 4.18. The van der Waals surface area contributed by atoms with Crippen LogP contribution < -0.4 is 5.48 Å². The Kier molecular flexibility index (Phi) is 6.09. The maximum atomic E-state index is 12.0. The van der Waals surface area contributed by atoms with Gasteiger partial charge in [-0.05, 0) is 34.7 Å². The van der Waals surface area contributed by atoms with Crippen molar-refractivity contribution in [1.29, 1.82) is 0 Å². The second-order valence-corrected chi connectivity index (χ2v) is 5.89. The topological polar surface area (TPSA) is 128 Å². The Morgan fingerprint density at radius 3 is 2.55 bits per heavy atom. The molecule has 0 spiro atoms. The molecule has 8 nitrogen and oxygen atoms in total. The molecule has 1 heterocycles. The van der Waals surface area contributed by atoms with Crippen molar-refractivity contribution in [1.82, 2.24) is 5.48 Å². The predicted octanol–water partition coefficient (Wildman–Crippen LogP) is -1.25. The molecule has 0 bridgehead atoms. The zero-order chi connectivity index (χ0) is 16.3. The predicted molar refractivity (Wildman–Crippen MR) is 81.5 cm³/mol. The van der Waals surface area contributed by atoms with Crippen LogP contribution in [0, 0.1) is 3.57 Å². The van der Waals surface area contributed by atoms with Gasteiger partial charge in [-0.1, -0.05) is 12.1 Å². The maximum Gasteiger partial charge on any atom is 0.276 e. The summed E-state index contributed by atoms with van der Waals surface area (Å²) in [5.74, 6) is -0.554. The molecule has 1 amide bonds. The highest BCUT2D eigenvalue weighted by Crippen LogP contribution is 2.21. The van der Waals surface area contributed by atoms with Crippen molar-refractivity contribution in [3.63, 3.8) is 0 Å². The van der Waals surface area contributed by atoms with E-state index in [1.54, 1.807) is 24.3 Å². The van der Waals surface area contributed by atoms with Crippen LogP contribution in [0.15, 0.2) is 24.3 Å². The first-order valence-corrected chi connectivity index (χ1v) is 7.54. The lowest BCUT2D eigenvalue weighted by Crippen LogP contribution is -2.60. The summed E-state index contributed by atoms with van der Waals surface area (Å²) in [5.41, 5.74) is 2.49. The second-order valence-electron chi connectivity index (χ2n) is 4.73. The molecule has 0 aliphatic carbocycles. The number of hydrogen-bond donors (Lipinski definition) is 5. The monoisotopic (exact) mass is 425 g/mol. The summed E-state index contributed by atoms with van der Waals surface area (Å²) in [6.07, 6.45) is -7.14. The van der Waals surface area contributed by atoms with Gasteiger partial charge >= 0.3 is 0 Å². The fourth-order valence-corrected chi connectivity index (χ4v) is 2.61. The number of benzene rings is 1. The number of hydrogen-bond acceptors (Lipinski definition) is 7. The van der Waals surface area contributed by atoms with Crippen LogP contribution in [-0.2, 0) is 9.57 Å². The number of ether oxygens (including phenoxy) is 1. The molecule has 0 radical (unpaired) electrons. The third-order valence-electron chi connectivity index (χ3n) is 3.23. The lowest BCUT2D eigenvalue weighted by atomic mass is 9.99. The van der Waals surface area contributed by atoms with Gasteiger partial charge in [-0.25, -0.2) is 10.3 Å². The van der Waals surface area contributed by atoms with Gasteiger partial charge in [0.2, 0.25) is 6.29 Å². The molecule has 1 aliphatic heterocycles. The van der Waals surface area contributed by atoms with Crippen LogP contribution in [0.3, 0.4) is 0 Å². The van der Waals surface area contributed by atoms with E-state index in [1.165, 1.54) is 0 Å². The molecule has 1 aromatic rings. The summed E-state index contributed by atoms with van der Waals surface area (Å²) >= 11 is 1.99. The summed E-state index contributed by atoms with van der Waals surface area (Å²) in [7, 11) is 0. The Morgan fingerprint density at radius 2 is 1.91 bits per heavy atom. The van der Waals surface area contributed by atoms with Crippen molar-refractivity contribution >= 4 is 28.5 Å². The van der Waals surface area contributed by atoms with Crippen LogP contribution in [0.1, 0.15) is 10.4 Å². The first kappa shape index (κ1) is 17.5. The molecule has 2 rings (SSSR count). The number of carbonyl (C=O) groups is 1. The fourth-order valence-electron chi connectivity index (χ4n) is 1.98. The maximum absolute atomic E-state index is 12.0. The van der Waals surface area contributed by atoms with Crippen molar-refractivity contribution in [3.05, 3.63) is 33.4 Å². The van der Waals surface area contributed by atoms with Crippen molar-refractivity contribution < 1.29 is 34.8 Å².